The fourth-order valence-corrected chi connectivity index (χ4v) is 1.35. The van der Waals surface area contributed by atoms with E-state index < -0.39 is 6.04 Å². The second-order valence-corrected chi connectivity index (χ2v) is 5.23. The zero-order valence-corrected chi connectivity index (χ0v) is 11.3. The number of carbonyl (C=O) groups is 2. The molecule has 0 aliphatic carbocycles. The lowest BCUT2D eigenvalue weighted by Gasteiger charge is -2.20. The average molecular weight is 243 g/mol. The first kappa shape index (κ1) is 15.9. The predicted octanol–water partition coefficient (Wildman–Crippen LogP) is 0.535. The molecule has 0 rings (SSSR count). The van der Waals surface area contributed by atoms with E-state index >= 15 is 0 Å². The van der Waals surface area contributed by atoms with Crippen LogP contribution in [-0.2, 0) is 9.59 Å². The van der Waals surface area contributed by atoms with Crippen LogP contribution in [0, 0.1) is 0 Å². The summed E-state index contributed by atoms with van der Waals surface area (Å²) in [5.74, 6) is -0.253. The molecular formula is C12H25N3O2. The standard InChI is InChI=1S/C12H25N3O2/c1-5-6-9(13)11(17)14-8-7-10(16)15-12(2,3)4/h9H,5-8,13H2,1-4H3,(H,14,17)(H,15,16). The Labute approximate surface area is 104 Å². The van der Waals surface area contributed by atoms with Gasteiger partial charge in [-0.3, -0.25) is 9.59 Å². The van der Waals surface area contributed by atoms with Gasteiger partial charge in [-0.2, -0.15) is 0 Å². The molecule has 0 aliphatic heterocycles. The van der Waals surface area contributed by atoms with E-state index in [0.29, 0.717) is 13.0 Å². The molecule has 17 heavy (non-hydrogen) atoms. The van der Waals surface area contributed by atoms with Gasteiger partial charge in [0.15, 0.2) is 0 Å². The first-order valence-corrected chi connectivity index (χ1v) is 6.10. The van der Waals surface area contributed by atoms with Crippen molar-refractivity contribution in [2.75, 3.05) is 6.54 Å². The van der Waals surface area contributed by atoms with Crippen molar-refractivity contribution in [3.8, 4) is 0 Å². The Kier molecular flexibility index (Phi) is 6.80. The fraction of sp³-hybridized carbons (Fsp3) is 0.833. The lowest BCUT2D eigenvalue weighted by Crippen LogP contribution is -2.44. The molecule has 0 bridgehead atoms. The Balaban J connectivity index is 3.77. The number of nitrogens with one attached hydrogen (secondary N) is 2. The molecular weight excluding hydrogens is 218 g/mol. The largest absolute Gasteiger partial charge is 0.354 e. The van der Waals surface area contributed by atoms with Crippen LogP contribution in [0.2, 0.25) is 0 Å². The van der Waals surface area contributed by atoms with Crippen LogP contribution >= 0.6 is 0 Å². The minimum atomic E-state index is -0.467. The second-order valence-electron chi connectivity index (χ2n) is 5.23. The third-order valence-corrected chi connectivity index (χ3v) is 2.10. The third kappa shape index (κ3) is 8.68. The van der Waals surface area contributed by atoms with Crippen LogP contribution in [0.25, 0.3) is 0 Å². The van der Waals surface area contributed by atoms with Crippen LogP contribution in [0.5, 0.6) is 0 Å². The quantitative estimate of drug-likeness (QED) is 0.636. The van der Waals surface area contributed by atoms with E-state index in [1.54, 1.807) is 0 Å². The first-order valence-electron chi connectivity index (χ1n) is 6.10. The number of carbonyl (C=O) groups excluding carboxylic acids is 2. The molecule has 0 aromatic carbocycles. The highest BCUT2D eigenvalue weighted by Crippen LogP contribution is 1.98. The molecule has 0 fully saturated rings. The van der Waals surface area contributed by atoms with Gasteiger partial charge in [0.1, 0.15) is 0 Å². The van der Waals surface area contributed by atoms with E-state index in [1.807, 2.05) is 27.7 Å². The maximum Gasteiger partial charge on any atom is 0.236 e. The molecule has 5 nitrogen and oxygen atoms in total. The zero-order valence-electron chi connectivity index (χ0n) is 11.3. The van der Waals surface area contributed by atoms with E-state index in [9.17, 15) is 9.59 Å². The average Bonchev–Trinajstić information content (AvgIpc) is 2.14. The molecule has 0 aromatic rings. The van der Waals surface area contributed by atoms with Gasteiger partial charge in [0.25, 0.3) is 0 Å². The molecule has 0 radical (unpaired) electrons. The van der Waals surface area contributed by atoms with Gasteiger partial charge in [-0.25, -0.2) is 0 Å². The summed E-state index contributed by atoms with van der Waals surface area (Å²) in [6, 6.07) is -0.467. The van der Waals surface area contributed by atoms with Crippen molar-refractivity contribution >= 4 is 11.8 Å². The Bertz CT molecular complexity index is 259. The van der Waals surface area contributed by atoms with Crippen molar-refractivity contribution in [1.29, 1.82) is 0 Å². The van der Waals surface area contributed by atoms with Crippen molar-refractivity contribution in [3.05, 3.63) is 0 Å². The summed E-state index contributed by atoms with van der Waals surface area (Å²) in [7, 11) is 0. The van der Waals surface area contributed by atoms with Crippen LogP contribution < -0.4 is 16.4 Å². The highest BCUT2D eigenvalue weighted by Gasteiger charge is 2.15. The van der Waals surface area contributed by atoms with Crippen molar-refractivity contribution in [2.45, 2.75) is 58.5 Å². The van der Waals surface area contributed by atoms with Crippen molar-refractivity contribution < 1.29 is 9.59 Å². The lowest BCUT2D eigenvalue weighted by atomic mass is 10.1. The Morgan fingerprint density at radius 1 is 1.29 bits per heavy atom. The first-order chi connectivity index (χ1) is 7.76. The predicted molar refractivity (Wildman–Crippen MR) is 68.4 cm³/mol. The molecule has 0 saturated carbocycles. The normalized spacial score (nSPS) is 13.0. The summed E-state index contributed by atoms with van der Waals surface area (Å²) in [5, 5.41) is 5.48. The molecule has 4 N–H and O–H groups in total. The van der Waals surface area contributed by atoms with E-state index in [1.165, 1.54) is 0 Å². The minimum Gasteiger partial charge on any atom is -0.354 e. The van der Waals surface area contributed by atoms with Crippen LogP contribution in [-0.4, -0.2) is 29.9 Å². The van der Waals surface area contributed by atoms with Crippen LogP contribution in [0.15, 0.2) is 0 Å². The van der Waals surface area contributed by atoms with E-state index in [2.05, 4.69) is 10.6 Å². The van der Waals surface area contributed by atoms with Crippen LogP contribution in [0.1, 0.15) is 47.0 Å². The molecule has 5 heteroatoms. The van der Waals surface area contributed by atoms with Gasteiger partial charge < -0.3 is 16.4 Å². The molecule has 0 spiro atoms. The fourth-order valence-electron chi connectivity index (χ4n) is 1.35. The maximum absolute atomic E-state index is 11.4. The minimum absolute atomic E-state index is 0.0677. The Morgan fingerprint density at radius 3 is 2.35 bits per heavy atom. The lowest BCUT2D eigenvalue weighted by molar-refractivity contribution is -0.123. The topological polar surface area (TPSA) is 84.2 Å². The summed E-state index contributed by atoms with van der Waals surface area (Å²) >= 11 is 0. The second kappa shape index (κ2) is 7.27. The molecule has 0 heterocycles. The Hall–Kier alpha value is -1.10. The van der Waals surface area contributed by atoms with E-state index in [0.717, 1.165) is 6.42 Å². The van der Waals surface area contributed by atoms with Gasteiger partial charge in [0.2, 0.25) is 11.8 Å². The highest BCUT2D eigenvalue weighted by atomic mass is 16.2. The SMILES string of the molecule is CCCC(N)C(=O)NCCC(=O)NC(C)(C)C. The summed E-state index contributed by atoms with van der Waals surface area (Å²) in [6.07, 6.45) is 1.82. The summed E-state index contributed by atoms with van der Waals surface area (Å²) in [6.45, 7) is 8.06. The van der Waals surface area contributed by atoms with Gasteiger partial charge >= 0.3 is 0 Å². The molecule has 2 amide bonds. The van der Waals surface area contributed by atoms with E-state index in [4.69, 9.17) is 5.73 Å². The zero-order chi connectivity index (χ0) is 13.5. The summed E-state index contributed by atoms with van der Waals surface area (Å²) in [4.78, 5) is 22.9. The van der Waals surface area contributed by atoms with Gasteiger partial charge in [-0.1, -0.05) is 13.3 Å². The number of rotatable bonds is 6. The number of hydrogen-bond donors (Lipinski definition) is 3. The molecule has 1 atom stereocenters. The third-order valence-electron chi connectivity index (χ3n) is 2.10. The molecule has 1 unspecified atom stereocenters. The summed E-state index contributed by atoms with van der Waals surface area (Å²) in [5.41, 5.74) is 5.40. The number of nitrogens with two attached hydrogens (primary N) is 1. The van der Waals surface area contributed by atoms with Gasteiger partial charge in [0.05, 0.1) is 6.04 Å². The maximum atomic E-state index is 11.4. The Morgan fingerprint density at radius 2 is 1.88 bits per heavy atom. The molecule has 100 valence electrons. The van der Waals surface area contributed by atoms with Gasteiger partial charge in [-0.15, -0.1) is 0 Å². The van der Waals surface area contributed by atoms with Crippen LogP contribution in [0.3, 0.4) is 0 Å². The number of amides is 2. The van der Waals surface area contributed by atoms with Crippen LogP contribution in [0.4, 0.5) is 0 Å². The molecule has 0 aromatic heterocycles. The number of hydrogen-bond acceptors (Lipinski definition) is 3. The summed E-state index contributed by atoms with van der Waals surface area (Å²) < 4.78 is 0. The van der Waals surface area contributed by atoms with Crippen molar-refractivity contribution in [1.82, 2.24) is 10.6 Å². The van der Waals surface area contributed by atoms with Gasteiger partial charge in [0, 0.05) is 18.5 Å². The van der Waals surface area contributed by atoms with Crippen molar-refractivity contribution in [3.63, 3.8) is 0 Å². The van der Waals surface area contributed by atoms with E-state index in [-0.39, 0.29) is 23.8 Å². The monoisotopic (exact) mass is 243 g/mol. The van der Waals surface area contributed by atoms with Gasteiger partial charge in [-0.05, 0) is 27.2 Å². The smallest absolute Gasteiger partial charge is 0.236 e. The highest BCUT2D eigenvalue weighted by molar-refractivity contribution is 5.82. The molecule has 0 aliphatic rings. The van der Waals surface area contributed by atoms with Crippen molar-refractivity contribution in [2.24, 2.45) is 5.73 Å². The molecule has 0 saturated heterocycles.